The predicted molar refractivity (Wildman–Crippen MR) is 111 cm³/mol. The number of piperazine rings is 1. The van der Waals surface area contributed by atoms with Crippen molar-refractivity contribution >= 4 is 17.7 Å². The van der Waals surface area contributed by atoms with Gasteiger partial charge in [-0.1, -0.05) is 6.58 Å². The second-order valence-electron chi connectivity index (χ2n) is 9.82. The topological polar surface area (TPSA) is 69.7 Å². The van der Waals surface area contributed by atoms with Gasteiger partial charge in [0.15, 0.2) is 0 Å². The zero-order valence-electron chi connectivity index (χ0n) is 17.5. The average Bonchev–Trinajstić information content (AvgIpc) is 2.71. The minimum Gasteiger partial charge on any atom is -0.353 e. The summed E-state index contributed by atoms with van der Waals surface area (Å²) in [5.41, 5.74) is -0.0726. The molecule has 1 N–H and O–H groups in total. The highest BCUT2D eigenvalue weighted by atomic mass is 16.2. The third kappa shape index (κ3) is 4.36. The van der Waals surface area contributed by atoms with Gasteiger partial charge in [-0.2, -0.15) is 0 Å². The van der Waals surface area contributed by atoms with E-state index in [-0.39, 0.29) is 17.2 Å². The van der Waals surface area contributed by atoms with Crippen LogP contribution in [0.5, 0.6) is 0 Å². The first-order valence-corrected chi connectivity index (χ1v) is 11.5. The minimum absolute atomic E-state index is 0.0726. The van der Waals surface area contributed by atoms with Crippen LogP contribution in [0.4, 0.5) is 0 Å². The van der Waals surface area contributed by atoms with Crippen LogP contribution in [-0.2, 0) is 14.4 Å². The van der Waals surface area contributed by atoms with Gasteiger partial charge < -0.3 is 15.1 Å². The lowest BCUT2D eigenvalue weighted by Crippen LogP contribution is -2.58. The van der Waals surface area contributed by atoms with E-state index in [1.807, 2.05) is 4.90 Å². The highest BCUT2D eigenvalue weighted by Gasteiger charge is 2.55. The highest BCUT2D eigenvalue weighted by Crippen LogP contribution is 2.60. The van der Waals surface area contributed by atoms with Crippen LogP contribution in [0.25, 0.3) is 0 Å². The van der Waals surface area contributed by atoms with Crippen molar-refractivity contribution in [2.75, 3.05) is 32.7 Å². The van der Waals surface area contributed by atoms with Gasteiger partial charge in [0.05, 0.1) is 5.41 Å². The summed E-state index contributed by atoms with van der Waals surface area (Å²) in [6.07, 6.45) is 10.7. The molecule has 0 atom stereocenters. The first-order valence-electron chi connectivity index (χ1n) is 11.5. The molecule has 29 heavy (non-hydrogen) atoms. The molecule has 1 heterocycles. The van der Waals surface area contributed by atoms with Gasteiger partial charge in [-0.3, -0.25) is 14.4 Å². The maximum Gasteiger partial charge on any atom is 0.243 e. The van der Waals surface area contributed by atoms with Gasteiger partial charge in [0.25, 0.3) is 0 Å². The molecule has 6 heteroatoms. The molecular formula is C23H35N3O3. The van der Waals surface area contributed by atoms with E-state index in [0.29, 0.717) is 45.1 Å². The SMILES string of the molecule is C=CC(=O)NCCCCC(=O)N1CCN(C(=O)C23CC4CC(CC(C4)C2)C3)CC1. The fourth-order valence-corrected chi connectivity index (χ4v) is 6.71. The molecule has 4 aliphatic carbocycles. The quantitative estimate of drug-likeness (QED) is 0.526. The summed E-state index contributed by atoms with van der Waals surface area (Å²) in [5, 5.41) is 2.73. The maximum absolute atomic E-state index is 13.4. The minimum atomic E-state index is -0.170. The number of hydrogen-bond donors (Lipinski definition) is 1. The Morgan fingerprint density at radius 1 is 0.897 bits per heavy atom. The van der Waals surface area contributed by atoms with Crippen molar-refractivity contribution in [3.05, 3.63) is 12.7 Å². The maximum atomic E-state index is 13.4. The lowest BCUT2D eigenvalue weighted by molar-refractivity contribution is -0.160. The molecule has 4 saturated carbocycles. The third-order valence-corrected chi connectivity index (χ3v) is 7.71. The molecule has 0 unspecified atom stereocenters. The molecule has 5 fully saturated rings. The van der Waals surface area contributed by atoms with Crippen molar-refractivity contribution in [3.8, 4) is 0 Å². The second kappa shape index (κ2) is 8.49. The Morgan fingerprint density at radius 3 is 2.00 bits per heavy atom. The Kier molecular flexibility index (Phi) is 5.98. The van der Waals surface area contributed by atoms with Crippen molar-refractivity contribution in [1.29, 1.82) is 0 Å². The second-order valence-corrected chi connectivity index (χ2v) is 9.82. The van der Waals surface area contributed by atoms with E-state index in [1.54, 1.807) is 0 Å². The summed E-state index contributed by atoms with van der Waals surface area (Å²) in [7, 11) is 0. The van der Waals surface area contributed by atoms with Crippen molar-refractivity contribution in [1.82, 2.24) is 15.1 Å². The monoisotopic (exact) mass is 401 g/mol. The number of hydrogen-bond acceptors (Lipinski definition) is 3. The number of carbonyl (C=O) groups is 3. The average molecular weight is 402 g/mol. The van der Waals surface area contributed by atoms with E-state index in [1.165, 1.54) is 25.3 Å². The lowest BCUT2D eigenvalue weighted by Gasteiger charge is -2.57. The molecule has 0 aromatic carbocycles. The molecule has 5 rings (SSSR count). The van der Waals surface area contributed by atoms with Crippen LogP contribution >= 0.6 is 0 Å². The normalized spacial score (nSPS) is 32.9. The zero-order valence-corrected chi connectivity index (χ0v) is 17.5. The Balaban J connectivity index is 1.20. The number of nitrogens with one attached hydrogen (secondary N) is 1. The molecule has 0 spiro atoms. The summed E-state index contributed by atoms with van der Waals surface area (Å²) in [6, 6.07) is 0. The molecular weight excluding hydrogens is 366 g/mol. The number of unbranched alkanes of at least 4 members (excludes halogenated alkanes) is 1. The standard InChI is InChI=1S/C23H35N3O3/c1-2-20(27)24-6-4-3-5-21(28)25-7-9-26(10-8-25)22(29)23-14-17-11-18(15-23)13-19(12-17)16-23/h2,17-19H,1,3-16H2,(H,24,27). The van der Waals surface area contributed by atoms with Crippen LogP contribution in [0.15, 0.2) is 12.7 Å². The molecule has 0 radical (unpaired) electrons. The van der Waals surface area contributed by atoms with Crippen LogP contribution in [-0.4, -0.2) is 60.2 Å². The van der Waals surface area contributed by atoms with Crippen molar-refractivity contribution in [2.24, 2.45) is 23.2 Å². The van der Waals surface area contributed by atoms with Gasteiger partial charge >= 0.3 is 0 Å². The van der Waals surface area contributed by atoms with Gasteiger partial charge in [0.1, 0.15) is 0 Å². The molecule has 6 nitrogen and oxygen atoms in total. The molecule has 1 saturated heterocycles. The van der Waals surface area contributed by atoms with Crippen LogP contribution in [0.1, 0.15) is 57.8 Å². The fourth-order valence-electron chi connectivity index (χ4n) is 6.71. The summed E-state index contributed by atoms with van der Waals surface area (Å²) in [6.45, 7) is 6.67. The van der Waals surface area contributed by atoms with Crippen molar-refractivity contribution in [2.45, 2.75) is 57.8 Å². The predicted octanol–water partition coefficient (Wildman–Crippen LogP) is 2.35. The van der Waals surface area contributed by atoms with E-state index < -0.39 is 0 Å². The van der Waals surface area contributed by atoms with Crippen LogP contribution < -0.4 is 5.32 Å². The first kappa shape index (κ1) is 20.4. The number of rotatable bonds is 7. The van der Waals surface area contributed by atoms with Gasteiger partial charge in [0.2, 0.25) is 17.7 Å². The Labute approximate surface area is 174 Å². The third-order valence-electron chi connectivity index (χ3n) is 7.71. The fraction of sp³-hybridized carbons (Fsp3) is 0.783. The van der Waals surface area contributed by atoms with Crippen LogP contribution in [0.2, 0.25) is 0 Å². The van der Waals surface area contributed by atoms with Gasteiger partial charge in [-0.15, -0.1) is 0 Å². The van der Waals surface area contributed by atoms with E-state index in [2.05, 4.69) is 16.8 Å². The molecule has 4 bridgehead atoms. The molecule has 0 aromatic heterocycles. The van der Waals surface area contributed by atoms with E-state index >= 15 is 0 Å². The Hall–Kier alpha value is -1.85. The molecule has 5 aliphatic rings. The van der Waals surface area contributed by atoms with E-state index in [0.717, 1.165) is 49.9 Å². The van der Waals surface area contributed by atoms with E-state index in [9.17, 15) is 14.4 Å². The summed E-state index contributed by atoms with van der Waals surface area (Å²) < 4.78 is 0. The van der Waals surface area contributed by atoms with Crippen LogP contribution in [0.3, 0.4) is 0 Å². The Bertz CT molecular complexity index is 631. The largest absolute Gasteiger partial charge is 0.353 e. The molecule has 3 amide bonds. The molecule has 1 aliphatic heterocycles. The number of amides is 3. The molecule has 0 aromatic rings. The summed E-state index contributed by atoms with van der Waals surface area (Å²) in [5.74, 6) is 2.73. The zero-order chi connectivity index (χ0) is 20.4. The lowest BCUT2D eigenvalue weighted by atomic mass is 9.49. The highest BCUT2D eigenvalue weighted by molar-refractivity contribution is 5.86. The number of carbonyl (C=O) groups excluding carboxylic acids is 3. The van der Waals surface area contributed by atoms with E-state index in [4.69, 9.17) is 0 Å². The summed E-state index contributed by atoms with van der Waals surface area (Å²) >= 11 is 0. The smallest absolute Gasteiger partial charge is 0.243 e. The number of nitrogens with zero attached hydrogens (tertiary/aromatic N) is 2. The molecule has 160 valence electrons. The van der Waals surface area contributed by atoms with Crippen LogP contribution in [0, 0.1) is 23.2 Å². The summed E-state index contributed by atoms with van der Waals surface area (Å²) in [4.78, 5) is 41.0. The van der Waals surface area contributed by atoms with Gasteiger partial charge in [-0.25, -0.2) is 0 Å². The van der Waals surface area contributed by atoms with Crippen molar-refractivity contribution < 1.29 is 14.4 Å². The van der Waals surface area contributed by atoms with Crippen molar-refractivity contribution in [3.63, 3.8) is 0 Å². The van der Waals surface area contributed by atoms with Gasteiger partial charge in [0, 0.05) is 39.1 Å². The first-order chi connectivity index (χ1) is 14.0. The Morgan fingerprint density at radius 2 is 1.45 bits per heavy atom. The van der Waals surface area contributed by atoms with Gasteiger partial charge in [-0.05, 0) is 75.2 Å².